The molecule has 2 unspecified atom stereocenters. The number of benzene rings is 2. The van der Waals surface area contributed by atoms with Crippen LogP contribution in [0.2, 0.25) is 0 Å². The van der Waals surface area contributed by atoms with E-state index in [1.54, 1.807) is 0 Å². The lowest BCUT2D eigenvalue weighted by Gasteiger charge is -2.31. The summed E-state index contributed by atoms with van der Waals surface area (Å²) in [5, 5.41) is 15.1. The van der Waals surface area contributed by atoms with Gasteiger partial charge in [-0.2, -0.15) is 0 Å². The van der Waals surface area contributed by atoms with Crippen LogP contribution in [-0.4, -0.2) is 42.3 Å². The quantitative estimate of drug-likeness (QED) is 0.527. The van der Waals surface area contributed by atoms with Crippen molar-refractivity contribution in [2.75, 3.05) is 13.2 Å². The second-order valence-electron chi connectivity index (χ2n) is 10.1. The molecule has 0 spiro atoms. The summed E-state index contributed by atoms with van der Waals surface area (Å²) in [5.74, 6) is -0.851. The second-order valence-corrected chi connectivity index (χ2v) is 10.1. The van der Waals surface area contributed by atoms with Crippen molar-refractivity contribution in [2.24, 2.45) is 17.8 Å². The van der Waals surface area contributed by atoms with Gasteiger partial charge in [-0.05, 0) is 53.4 Å². The number of carboxylic acid groups (broad SMARTS) is 1. The van der Waals surface area contributed by atoms with Crippen LogP contribution in [0.15, 0.2) is 48.5 Å². The van der Waals surface area contributed by atoms with Crippen molar-refractivity contribution in [1.82, 2.24) is 10.6 Å². The summed E-state index contributed by atoms with van der Waals surface area (Å²) < 4.78 is 5.58. The van der Waals surface area contributed by atoms with Crippen molar-refractivity contribution in [3.63, 3.8) is 0 Å². The fraction of sp³-hybridized carbons (Fsp3) is 0.464. The molecule has 2 fully saturated rings. The zero-order chi connectivity index (χ0) is 24.4. The van der Waals surface area contributed by atoms with E-state index in [0.29, 0.717) is 6.54 Å². The van der Waals surface area contributed by atoms with Crippen molar-refractivity contribution >= 4 is 18.0 Å². The molecule has 0 radical (unpaired) electrons. The Morgan fingerprint density at radius 3 is 2.26 bits per heavy atom. The highest BCUT2D eigenvalue weighted by Crippen LogP contribution is 2.44. The lowest BCUT2D eigenvalue weighted by atomic mass is 9.82. The van der Waals surface area contributed by atoms with Crippen LogP contribution in [-0.2, 0) is 14.3 Å². The van der Waals surface area contributed by atoms with Gasteiger partial charge >= 0.3 is 12.1 Å². The standard InChI is InChI=1S/C28H32N2O5/c31-26(32)14-17-7-1-6-12-25(17)30-27(33)23-13-18(23)15-29-28(34)35-16-24-21-10-4-2-8-19(21)20-9-3-5-11-22(20)24/h2-5,8-11,17-18,23-25H,1,6-7,12-16H2,(H,29,34)(H,30,33)(H,31,32)/t17?,18-,23-,25?/m1/s1. The lowest BCUT2D eigenvalue weighted by Crippen LogP contribution is -2.44. The Morgan fingerprint density at radius 2 is 1.57 bits per heavy atom. The molecule has 3 aliphatic rings. The first-order chi connectivity index (χ1) is 17.0. The Hall–Kier alpha value is -3.35. The van der Waals surface area contributed by atoms with Crippen LogP contribution in [0.1, 0.15) is 55.6 Å². The molecule has 3 aliphatic carbocycles. The van der Waals surface area contributed by atoms with Crippen LogP contribution in [0, 0.1) is 17.8 Å². The van der Waals surface area contributed by atoms with E-state index < -0.39 is 12.1 Å². The van der Waals surface area contributed by atoms with E-state index in [1.807, 2.05) is 24.3 Å². The maximum Gasteiger partial charge on any atom is 0.407 e. The maximum absolute atomic E-state index is 12.7. The molecule has 3 N–H and O–H groups in total. The molecule has 0 saturated heterocycles. The average Bonchev–Trinajstić information content (AvgIpc) is 3.57. The summed E-state index contributed by atoms with van der Waals surface area (Å²) in [6, 6.07) is 16.4. The van der Waals surface area contributed by atoms with Crippen molar-refractivity contribution in [3.8, 4) is 11.1 Å². The van der Waals surface area contributed by atoms with Gasteiger partial charge in [0.05, 0.1) is 6.42 Å². The smallest absolute Gasteiger partial charge is 0.407 e. The van der Waals surface area contributed by atoms with Crippen molar-refractivity contribution < 1.29 is 24.2 Å². The zero-order valence-corrected chi connectivity index (χ0v) is 19.7. The van der Waals surface area contributed by atoms with Crippen LogP contribution in [0.5, 0.6) is 0 Å². The van der Waals surface area contributed by atoms with Gasteiger partial charge in [0.1, 0.15) is 6.61 Å². The molecule has 35 heavy (non-hydrogen) atoms. The van der Waals surface area contributed by atoms with E-state index in [1.165, 1.54) is 22.3 Å². The topological polar surface area (TPSA) is 105 Å². The predicted molar refractivity (Wildman–Crippen MR) is 131 cm³/mol. The maximum atomic E-state index is 12.7. The first kappa shape index (κ1) is 23.4. The third-order valence-corrected chi connectivity index (χ3v) is 7.79. The van der Waals surface area contributed by atoms with Gasteiger partial charge in [0.2, 0.25) is 5.91 Å². The number of fused-ring (bicyclic) bond motifs is 3. The van der Waals surface area contributed by atoms with E-state index in [-0.39, 0.29) is 48.6 Å². The van der Waals surface area contributed by atoms with Crippen molar-refractivity contribution in [1.29, 1.82) is 0 Å². The van der Waals surface area contributed by atoms with Gasteiger partial charge in [0.15, 0.2) is 0 Å². The fourth-order valence-corrected chi connectivity index (χ4v) is 5.81. The number of carboxylic acids is 1. The molecule has 0 aliphatic heterocycles. The predicted octanol–water partition coefficient (Wildman–Crippen LogP) is 4.31. The van der Waals surface area contributed by atoms with Crippen LogP contribution in [0.25, 0.3) is 11.1 Å². The molecule has 2 aromatic carbocycles. The number of ether oxygens (including phenoxy) is 1. The molecule has 0 bridgehead atoms. The summed E-state index contributed by atoms with van der Waals surface area (Å²) in [4.78, 5) is 36.2. The highest BCUT2D eigenvalue weighted by atomic mass is 16.5. The molecule has 5 rings (SSSR count). The summed E-state index contributed by atoms with van der Waals surface area (Å²) in [6.07, 6.45) is 4.06. The number of nitrogens with one attached hydrogen (secondary N) is 2. The van der Waals surface area contributed by atoms with Gasteiger partial charge in [0.25, 0.3) is 0 Å². The van der Waals surface area contributed by atoms with E-state index in [4.69, 9.17) is 9.84 Å². The SMILES string of the molecule is O=C(O)CC1CCCCC1NC(=O)[C@@H]1C[C@@H]1CNC(=O)OCC1c2ccccc2-c2ccccc21. The normalized spacial score (nSPS) is 24.7. The number of rotatable bonds is 8. The molecule has 2 saturated carbocycles. The average molecular weight is 477 g/mol. The van der Waals surface area contributed by atoms with Gasteiger partial charge in [0, 0.05) is 24.4 Å². The monoisotopic (exact) mass is 476 g/mol. The van der Waals surface area contributed by atoms with Crippen molar-refractivity contribution in [3.05, 3.63) is 59.7 Å². The number of alkyl carbamates (subject to hydrolysis) is 1. The summed E-state index contributed by atoms with van der Waals surface area (Å²) in [5.41, 5.74) is 4.72. The minimum absolute atomic E-state index is 0.00125. The summed E-state index contributed by atoms with van der Waals surface area (Å²) >= 11 is 0. The minimum atomic E-state index is -0.812. The number of hydrogen-bond donors (Lipinski definition) is 3. The Labute approximate surface area is 205 Å². The summed E-state index contributed by atoms with van der Waals surface area (Å²) in [6.45, 7) is 0.666. The molecule has 4 atom stereocenters. The number of aliphatic carboxylic acids is 1. The van der Waals surface area contributed by atoms with E-state index >= 15 is 0 Å². The van der Waals surface area contributed by atoms with Crippen LogP contribution in [0.4, 0.5) is 4.79 Å². The fourth-order valence-electron chi connectivity index (χ4n) is 5.81. The molecule has 7 heteroatoms. The molecule has 7 nitrogen and oxygen atoms in total. The first-order valence-corrected chi connectivity index (χ1v) is 12.6. The largest absolute Gasteiger partial charge is 0.481 e. The lowest BCUT2D eigenvalue weighted by molar-refractivity contribution is -0.139. The van der Waals surface area contributed by atoms with Gasteiger partial charge in [-0.3, -0.25) is 9.59 Å². The zero-order valence-electron chi connectivity index (χ0n) is 19.7. The number of carbonyl (C=O) groups is 3. The van der Waals surface area contributed by atoms with Crippen LogP contribution >= 0.6 is 0 Å². The molecular weight excluding hydrogens is 444 g/mol. The highest BCUT2D eigenvalue weighted by Gasteiger charge is 2.44. The molecule has 2 aromatic rings. The first-order valence-electron chi connectivity index (χ1n) is 12.6. The second kappa shape index (κ2) is 10.1. The summed E-state index contributed by atoms with van der Waals surface area (Å²) in [7, 11) is 0. The number of amides is 2. The van der Waals surface area contributed by atoms with Gasteiger partial charge < -0.3 is 20.5 Å². The third kappa shape index (κ3) is 5.19. The van der Waals surface area contributed by atoms with Gasteiger partial charge in [-0.25, -0.2) is 4.79 Å². The van der Waals surface area contributed by atoms with Crippen molar-refractivity contribution in [2.45, 2.75) is 50.5 Å². The Balaban J connectivity index is 1.08. The molecule has 0 aromatic heterocycles. The van der Waals surface area contributed by atoms with E-state index in [0.717, 1.165) is 32.1 Å². The third-order valence-electron chi connectivity index (χ3n) is 7.79. The highest BCUT2D eigenvalue weighted by molar-refractivity contribution is 5.82. The Bertz CT molecular complexity index is 1070. The molecule has 0 heterocycles. The Morgan fingerprint density at radius 1 is 0.914 bits per heavy atom. The number of hydrogen-bond acceptors (Lipinski definition) is 4. The van der Waals surface area contributed by atoms with Gasteiger partial charge in [-0.1, -0.05) is 61.4 Å². The van der Waals surface area contributed by atoms with E-state index in [2.05, 4.69) is 34.9 Å². The van der Waals surface area contributed by atoms with Gasteiger partial charge in [-0.15, -0.1) is 0 Å². The minimum Gasteiger partial charge on any atom is -0.481 e. The van der Waals surface area contributed by atoms with Crippen LogP contribution in [0.3, 0.4) is 0 Å². The molecule has 2 amide bonds. The van der Waals surface area contributed by atoms with Crippen LogP contribution < -0.4 is 10.6 Å². The number of carbonyl (C=O) groups excluding carboxylic acids is 2. The van der Waals surface area contributed by atoms with E-state index in [9.17, 15) is 14.4 Å². The molecular formula is C28H32N2O5. The Kier molecular flexibility index (Phi) is 6.75. The molecule has 184 valence electrons.